The average molecular weight is 347 g/mol. The van der Waals surface area contributed by atoms with Gasteiger partial charge in [-0.25, -0.2) is 0 Å². The van der Waals surface area contributed by atoms with Gasteiger partial charge in [0.15, 0.2) is 0 Å². The number of hydrogen-bond donors (Lipinski definition) is 2. The molecule has 0 amide bonds. The number of H-pyrrole nitrogens is 1. The van der Waals surface area contributed by atoms with Crippen molar-refractivity contribution in [3.8, 4) is 0 Å². The van der Waals surface area contributed by atoms with E-state index in [9.17, 15) is 4.79 Å². The van der Waals surface area contributed by atoms with E-state index in [0.717, 1.165) is 35.6 Å². The van der Waals surface area contributed by atoms with Gasteiger partial charge in [0, 0.05) is 41.1 Å². The van der Waals surface area contributed by atoms with Crippen LogP contribution in [0.3, 0.4) is 0 Å². The van der Waals surface area contributed by atoms with Gasteiger partial charge in [-0.1, -0.05) is 18.2 Å². The van der Waals surface area contributed by atoms with Gasteiger partial charge in [0.2, 0.25) is 0 Å². The van der Waals surface area contributed by atoms with E-state index < -0.39 is 0 Å². The Labute approximate surface area is 151 Å². The summed E-state index contributed by atoms with van der Waals surface area (Å²) >= 11 is 0. The van der Waals surface area contributed by atoms with Crippen LogP contribution in [0, 0.1) is 6.92 Å². The number of rotatable bonds is 6. The molecule has 26 heavy (non-hydrogen) atoms. The second-order valence-corrected chi connectivity index (χ2v) is 6.43. The lowest BCUT2D eigenvalue weighted by molar-refractivity contribution is 0.487. The van der Waals surface area contributed by atoms with Gasteiger partial charge in [0.25, 0.3) is 5.56 Å². The summed E-state index contributed by atoms with van der Waals surface area (Å²) in [6.45, 7) is 3.16. The van der Waals surface area contributed by atoms with Gasteiger partial charge in [0.05, 0.1) is 12.8 Å². The summed E-state index contributed by atoms with van der Waals surface area (Å²) in [6.07, 6.45) is 4.56. The van der Waals surface area contributed by atoms with Gasteiger partial charge in [-0.15, -0.1) is 0 Å². The van der Waals surface area contributed by atoms with Crippen molar-refractivity contribution in [1.82, 2.24) is 9.55 Å². The number of para-hydroxylation sites is 1. The molecule has 0 fully saturated rings. The Morgan fingerprint density at radius 1 is 1.15 bits per heavy atom. The van der Waals surface area contributed by atoms with Crippen molar-refractivity contribution in [3.63, 3.8) is 0 Å². The number of aromatic amines is 1. The maximum Gasteiger partial charge on any atom is 0.253 e. The van der Waals surface area contributed by atoms with Crippen molar-refractivity contribution in [3.05, 3.63) is 88.4 Å². The summed E-state index contributed by atoms with van der Waals surface area (Å²) < 4.78 is 7.05. The normalized spacial score (nSPS) is 11.1. The predicted octanol–water partition coefficient (Wildman–Crippen LogP) is 3.93. The van der Waals surface area contributed by atoms with E-state index in [1.54, 1.807) is 16.9 Å². The van der Waals surface area contributed by atoms with Crippen LogP contribution in [0.15, 0.2) is 70.2 Å². The lowest BCUT2D eigenvalue weighted by atomic mass is 10.1. The summed E-state index contributed by atoms with van der Waals surface area (Å²) in [7, 11) is 0. The van der Waals surface area contributed by atoms with Gasteiger partial charge >= 0.3 is 0 Å². The highest BCUT2D eigenvalue weighted by Crippen LogP contribution is 2.18. The van der Waals surface area contributed by atoms with Crippen molar-refractivity contribution in [2.24, 2.45) is 0 Å². The van der Waals surface area contributed by atoms with Gasteiger partial charge in [0.1, 0.15) is 5.76 Å². The number of pyridine rings is 1. The Balaban J connectivity index is 1.44. The molecule has 0 saturated carbocycles. The van der Waals surface area contributed by atoms with Crippen LogP contribution in [-0.2, 0) is 13.0 Å². The van der Waals surface area contributed by atoms with Crippen LogP contribution in [0.25, 0.3) is 10.9 Å². The van der Waals surface area contributed by atoms with Crippen LogP contribution in [0.1, 0.15) is 17.0 Å². The molecule has 3 heterocycles. The number of fused-ring (bicyclic) bond motifs is 1. The topological polar surface area (TPSA) is 63.0 Å². The highest BCUT2D eigenvalue weighted by molar-refractivity contribution is 5.83. The minimum absolute atomic E-state index is 0.0315. The van der Waals surface area contributed by atoms with Crippen molar-refractivity contribution < 1.29 is 4.42 Å². The highest BCUT2D eigenvalue weighted by atomic mass is 16.3. The first-order valence-electron chi connectivity index (χ1n) is 8.73. The zero-order chi connectivity index (χ0) is 17.9. The molecule has 0 atom stereocenters. The van der Waals surface area contributed by atoms with E-state index in [1.807, 2.05) is 31.2 Å². The van der Waals surface area contributed by atoms with Crippen LogP contribution in [0.5, 0.6) is 0 Å². The van der Waals surface area contributed by atoms with Gasteiger partial charge in [-0.2, -0.15) is 0 Å². The van der Waals surface area contributed by atoms with E-state index in [-0.39, 0.29) is 5.56 Å². The van der Waals surface area contributed by atoms with E-state index in [4.69, 9.17) is 4.42 Å². The van der Waals surface area contributed by atoms with Crippen molar-refractivity contribution in [1.29, 1.82) is 0 Å². The third-order valence-corrected chi connectivity index (χ3v) is 4.63. The molecule has 0 unspecified atom stereocenters. The molecule has 5 nitrogen and oxygen atoms in total. The van der Waals surface area contributed by atoms with E-state index >= 15 is 0 Å². The molecule has 4 rings (SSSR count). The number of anilines is 1. The van der Waals surface area contributed by atoms with Crippen LogP contribution < -0.4 is 10.9 Å². The van der Waals surface area contributed by atoms with E-state index in [0.29, 0.717) is 6.54 Å². The molecule has 0 saturated heterocycles. The molecule has 0 aliphatic rings. The fourth-order valence-corrected chi connectivity index (χ4v) is 3.27. The number of benzene rings is 1. The van der Waals surface area contributed by atoms with Crippen LogP contribution in [0.4, 0.5) is 5.69 Å². The lowest BCUT2D eigenvalue weighted by Crippen LogP contribution is -2.23. The number of aryl methyl sites for hydroxylation is 1. The minimum atomic E-state index is -0.0315. The first-order chi connectivity index (χ1) is 12.7. The molecule has 0 aliphatic heterocycles. The Bertz CT molecular complexity index is 1070. The first-order valence-corrected chi connectivity index (χ1v) is 8.73. The van der Waals surface area contributed by atoms with Crippen molar-refractivity contribution >= 4 is 16.6 Å². The first kappa shape index (κ1) is 16.3. The molecule has 1 aromatic carbocycles. The molecule has 5 heteroatoms. The number of nitrogens with one attached hydrogen (secondary N) is 2. The lowest BCUT2D eigenvalue weighted by Gasteiger charge is -2.12. The third kappa shape index (κ3) is 3.28. The number of nitrogens with zero attached hydrogens (tertiary/aromatic N) is 1. The quantitative estimate of drug-likeness (QED) is 0.555. The molecular weight excluding hydrogens is 326 g/mol. The average Bonchev–Trinajstić information content (AvgIpc) is 3.28. The third-order valence-electron chi connectivity index (χ3n) is 4.63. The monoisotopic (exact) mass is 347 g/mol. The van der Waals surface area contributed by atoms with Crippen LogP contribution >= 0.6 is 0 Å². The maximum atomic E-state index is 12.4. The second-order valence-electron chi connectivity index (χ2n) is 6.43. The smallest absolute Gasteiger partial charge is 0.253 e. The molecule has 0 aliphatic carbocycles. The van der Waals surface area contributed by atoms with Crippen molar-refractivity contribution in [2.45, 2.75) is 19.9 Å². The Morgan fingerprint density at radius 2 is 2.04 bits per heavy atom. The molecule has 4 aromatic rings. The van der Waals surface area contributed by atoms with Gasteiger partial charge in [-0.3, -0.25) is 4.79 Å². The molecule has 0 bridgehead atoms. The van der Waals surface area contributed by atoms with Gasteiger partial charge in [-0.05, 0) is 43.2 Å². The molecule has 0 radical (unpaired) electrons. The molecule has 132 valence electrons. The summed E-state index contributed by atoms with van der Waals surface area (Å²) in [5, 5.41) is 4.61. The Kier molecular flexibility index (Phi) is 4.35. The summed E-state index contributed by atoms with van der Waals surface area (Å²) in [5.41, 5.74) is 4.15. The van der Waals surface area contributed by atoms with Crippen molar-refractivity contribution in [2.75, 3.05) is 11.9 Å². The van der Waals surface area contributed by atoms with E-state index in [1.165, 1.54) is 10.9 Å². The Morgan fingerprint density at radius 3 is 2.85 bits per heavy atom. The number of furan rings is 1. The summed E-state index contributed by atoms with van der Waals surface area (Å²) in [6, 6.07) is 15.6. The Hall–Kier alpha value is -3.21. The van der Waals surface area contributed by atoms with Crippen LogP contribution in [-0.4, -0.2) is 16.1 Å². The zero-order valence-electron chi connectivity index (χ0n) is 14.7. The molecule has 2 N–H and O–H groups in total. The second kappa shape index (κ2) is 6.96. The molecule has 3 aromatic heterocycles. The number of aromatic nitrogens is 2. The minimum Gasteiger partial charge on any atom is -0.467 e. The fourth-order valence-electron chi connectivity index (χ4n) is 3.27. The summed E-state index contributed by atoms with van der Waals surface area (Å²) in [5.74, 6) is 0.773. The fraction of sp³-hybridized carbons (Fsp3) is 0.190. The largest absolute Gasteiger partial charge is 0.467 e. The molecular formula is C21H21N3O2. The summed E-state index contributed by atoms with van der Waals surface area (Å²) in [4.78, 5) is 15.7. The van der Waals surface area contributed by atoms with E-state index in [2.05, 4.69) is 34.7 Å². The highest BCUT2D eigenvalue weighted by Gasteiger charge is 2.07. The maximum absolute atomic E-state index is 12.4. The standard InChI is InChI=1S/C21H21N3O2/c1-15-11-17(12-21(25)24(15)14-18-5-4-10-26-18)22-9-8-16-13-23-20-7-3-2-6-19(16)20/h2-7,10-13,22-23H,8-9,14H2,1H3. The van der Waals surface area contributed by atoms with Crippen LogP contribution in [0.2, 0.25) is 0 Å². The predicted molar refractivity (Wildman–Crippen MR) is 104 cm³/mol. The zero-order valence-corrected chi connectivity index (χ0v) is 14.7. The molecule has 0 spiro atoms. The van der Waals surface area contributed by atoms with Gasteiger partial charge < -0.3 is 19.3 Å². The number of hydrogen-bond acceptors (Lipinski definition) is 3. The SMILES string of the molecule is Cc1cc(NCCc2c[nH]c3ccccc23)cc(=O)n1Cc1ccco1.